The molecule has 3 aromatic carbocycles. The Balaban J connectivity index is 1.42. The molecular weight excluding hydrogens is 537 g/mol. The van der Waals surface area contributed by atoms with Crippen LogP contribution >= 0.6 is 0 Å². The second kappa shape index (κ2) is 11.3. The van der Waals surface area contributed by atoms with E-state index in [9.17, 15) is 5.11 Å². The van der Waals surface area contributed by atoms with Crippen LogP contribution in [0.2, 0.25) is 10.1 Å². The van der Waals surface area contributed by atoms with Crippen LogP contribution in [0.5, 0.6) is 17.2 Å². The Hall–Kier alpha value is -2.51. The van der Waals surface area contributed by atoms with Crippen LogP contribution in [-0.4, -0.2) is 24.6 Å². The minimum Gasteiger partial charge on any atom is -0.540 e. The minimum absolute atomic E-state index is 0.138. The SMILES string of the molecule is CC(C)C(C)(C)[Si]Oc1ccc2c(c1)CC1(C2)Cc2ccc(O[Si]C(C)(C)C(C)C)cc2C1Cc1ccc(O)cc1. The molecular formula is C36H46O3Si2. The van der Waals surface area contributed by atoms with E-state index in [-0.39, 0.29) is 15.5 Å². The molecule has 0 aliphatic heterocycles. The quantitative estimate of drug-likeness (QED) is 0.243. The fourth-order valence-corrected chi connectivity index (χ4v) is 7.45. The first kappa shape index (κ1) is 30.0. The second-order valence-electron chi connectivity index (χ2n) is 14.3. The standard InChI is InChI=1S/C36H46O3Si2/c1-23(2)34(5,6)40-38-30-15-11-26-20-36(22-28(26)18-30)21-27-12-16-31(39-41-35(7,8)24(3)4)19-32(27)33(36)17-25-9-13-29(37)14-10-25/h9-16,18-19,23-24,33,37H,17,20-22H2,1-8H3. The molecule has 0 bridgehead atoms. The largest absolute Gasteiger partial charge is 0.540 e. The van der Waals surface area contributed by atoms with Crippen molar-refractivity contribution >= 4 is 19.5 Å². The molecule has 0 heterocycles. The zero-order valence-electron chi connectivity index (χ0n) is 26.1. The number of fused-ring (bicyclic) bond motifs is 2. The summed E-state index contributed by atoms with van der Waals surface area (Å²) in [6.45, 7) is 18.3. The zero-order valence-corrected chi connectivity index (χ0v) is 28.1. The molecule has 2 aliphatic rings. The molecule has 2 unspecified atom stereocenters. The number of phenols is 1. The fraction of sp³-hybridized carbons (Fsp3) is 0.500. The van der Waals surface area contributed by atoms with Crippen LogP contribution < -0.4 is 8.85 Å². The van der Waals surface area contributed by atoms with E-state index in [1.54, 1.807) is 0 Å². The smallest absolute Gasteiger partial charge is 0.317 e. The topological polar surface area (TPSA) is 38.7 Å². The lowest BCUT2D eigenvalue weighted by atomic mass is 9.71. The van der Waals surface area contributed by atoms with Crippen LogP contribution in [-0.2, 0) is 25.7 Å². The molecule has 2 aliphatic carbocycles. The van der Waals surface area contributed by atoms with Gasteiger partial charge >= 0.3 is 19.5 Å². The average Bonchev–Trinajstić information content (AvgIpc) is 3.42. The van der Waals surface area contributed by atoms with Crippen molar-refractivity contribution in [2.45, 2.75) is 97.1 Å². The Kier molecular flexibility index (Phi) is 8.25. The molecule has 216 valence electrons. The molecule has 0 fully saturated rings. The summed E-state index contributed by atoms with van der Waals surface area (Å²) in [6.07, 6.45) is 4.18. The summed E-state index contributed by atoms with van der Waals surface area (Å²) in [7, 11) is 0.857. The normalized spacial score (nSPS) is 20.1. The third-order valence-corrected chi connectivity index (χ3v) is 13.0. The van der Waals surface area contributed by atoms with Crippen molar-refractivity contribution in [1.82, 2.24) is 0 Å². The highest BCUT2D eigenvalue weighted by atomic mass is 28.2. The van der Waals surface area contributed by atoms with Gasteiger partial charge in [-0.2, -0.15) is 0 Å². The summed E-state index contributed by atoms with van der Waals surface area (Å²) in [5, 5.41) is 10.2. The van der Waals surface area contributed by atoms with Gasteiger partial charge in [-0.25, -0.2) is 0 Å². The van der Waals surface area contributed by atoms with E-state index in [1.165, 1.54) is 27.8 Å². The Labute approximate surface area is 253 Å². The highest BCUT2D eigenvalue weighted by Gasteiger charge is 2.49. The van der Waals surface area contributed by atoms with Crippen LogP contribution in [0.4, 0.5) is 0 Å². The van der Waals surface area contributed by atoms with Crippen molar-refractivity contribution in [3.63, 3.8) is 0 Å². The number of hydrogen-bond acceptors (Lipinski definition) is 3. The second-order valence-corrected chi connectivity index (χ2v) is 17.7. The predicted molar refractivity (Wildman–Crippen MR) is 172 cm³/mol. The molecule has 5 heteroatoms. The molecule has 5 rings (SSSR count). The Morgan fingerprint density at radius 2 is 1.24 bits per heavy atom. The summed E-state index contributed by atoms with van der Waals surface area (Å²) >= 11 is 0. The Morgan fingerprint density at radius 1 is 0.732 bits per heavy atom. The number of rotatable bonds is 10. The van der Waals surface area contributed by atoms with Crippen LogP contribution in [0.1, 0.15) is 89.1 Å². The van der Waals surface area contributed by atoms with Crippen LogP contribution in [0.25, 0.3) is 0 Å². The van der Waals surface area contributed by atoms with E-state index >= 15 is 0 Å². The minimum atomic E-state index is 0.138. The molecule has 1 spiro atoms. The van der Waals surface area contributed by atoms with Gasteiger partial charge in [0.2, 0.25) is 0 Å². The van der Waals surface area contributed by atoms with Gasteiger partial charge in [0.25, 0.3) is 0 Å². The summed E-state index contributed by atoms with van der Waals surface area (Å²) in [4.78, 5) is 0. The van der Waals surface area contributed by atoms with Gasteiger partial charge in [0, 0.05) is 0 Å². The molecule has 1 N–H and O–H groups in total. The van der Waals surface area contributed by atoms with E-state index < -0.39 is 0 Å². The molecule has 3 nitrogen and oxygen atoms in total. The van der Waals surface area contributed by atoms with Crippen LogP contribution in [0.15, 0.2) is 60.7 Å². The molecule has 0 aromatic heterocycles. The van der Waals surface area contributed by atoms with Gasteiger partial charge in [0.15, 0.2) is 0 Å². The number of aromatic hydroxyl groups is 1. The van der Waals surface area contributed by atoms with Gasteiger partial charge in [-0.1, -0.05) is 79.7 Å². The van der Waals surface area contributed by atoms with Crippen LogP contribution in [0, 0.1) is 17.3 Å². The predicted octanol–water partition coefficient (Wildman–Crippen LogP) is 8.76. The van der Waals surface area contributed by atoms with Gasteiger partial charge in [-0.3, -0.25) is 0 Å². The first-order valence-electron chi connectivity index (χ1n) is 15.2. The number of phenolic OH excluding ortho intramolecular Hbond substituents is 1. The van der Waals surface area contributed by atoms with Gasteiger partial charge in [0.1, 0.15) is 17.2 Å². The Bertz CT molecular complexity index is 1370. The van der Waals surface area contributed by atoms with E-state index in [2.05, 4.69) is 104 Å². The third kappa shape index (κ3) is 6.31. The first-order chi connectivity index (χ1) is 19.3. The van der Waals surface area contributed by atoms with Crippen molar-refractivity contribution in [2.75, 3.05) is 0 Å². The highest BCUT2D eigenvalue weighted by Crippen LogP contribution is 2.57. The lowest BCUT2D eigenvalue weighted by molar-refractivity contribution is 0.257. The van der Waals surface area contributed by atoms with E-state index in [4.69, 9.17) is 8.85 Å². The van der Waals surface area contributed by atoms with Gasteiger partial charge < -0.3 is 14.0 Å². The van der Waals surface area contributed by atoms with Crippen molar-refractivity contribution < 1.29 is 14.0 Å². The molecule has 0 saturated carbocycles. The monoisotopic (exact) mass is 582 g/mol. The van der Waals surface area contributed by atoms with E-state index in [0.717, 1.165) is 37.2 Å². The van der Waals surface area contributed by atoms with Crippen molar-refractivity contribution in [3.8, 4) is 17.2 Å². The van der Waals surface area contributed by atoms with Crippen molar-refractivity contribution in [2.24, 2.45) is 17.3 Å². The zero-order chi connectivity index (χ0) is 29.6. The maximum Gasteiger partial charge on any atom is 0.317 e. The average molecular weight is 583 g/mol. The summed E-state index contributed by atoms with van der Waals surface area (Å²) in [5.74, 6) is 3.82. The Morgan fingerprint density at radius 3 is 1.83 bits per heavy atom. The first-order valence-corrected chi connectivity index (χ1v) is 17.0. The third-order valence-electron chi connectivity index (χ3n) is 10.2. The molecule has 0 amide bonds. The maximum atomic E-state index is 9.92. The van der Waals surface area contributed by atoms with Gasteiger partial charge in [-0.15, -0.1) is 0 Å². The highest BCUT2D eigenvalue weighted by molar-refractivity contribution is 6.33. The van der Waals surface area contributed by atoms with E-state index in [1.807, 2.05) is 12.1 Å². The summed E-state index contributed by atoms with van der Waals surface area (Å²) in [6, 6.07) is 21.5. The molecule has 3 aromatic rings. The molecule has 41 heavy (non-hydrogen) atoms. The van der Waals surface area contributed by atoms with Crippen LogP contribution in [0.3, 0.4) is 0 Å². The van der Waals surface area contributed by atoms with Gasteiger partial charge in [0.05, 0.1) is 0 Å². The summed E-state index contributed by atoms with van der Waals surface area (Å²) < 4.78 is 12.8. The number of hydrogen-bond donors (Lipinski definition) is 1. The van der Waals surface area contributed by atoms with E-state index in [0.29, 0.717) is 43.0 Å². The van der Waals surface area contributed by atoms with Crippen molar-refractivity contribution in [1.29, 1.82) is 0 Å². The fourth-order valence-electron chi connectivity index (χ4n) is 5.96. The van der Waals surface area contributed by atoms with Gasteiger partial charge in [-0.05, 0) is 123 Å². The number of benzene rings is 3. The molecule has 0 saturated heterocycles. The lowest BCUT2D eigenvalue weighted by Gasteiger charge is -2.32. The lowest BCUT2D eigenvalue weighted by Crippen LogP contribution is -2.28. The maximum absolute atomic E-state index is 9.92. The molecule has 4 radical (unpaired) electrons. The summed E-state index contributed by atoms with van der Waals surface area (Å²) in [5.41, 5.74) is 7.20. The van der Waals surface area contributed by atoms with Crippen molar-refractivity contribution in [3.05, 3.63) is 88.5 Å². The molecule has 2 atom stereocenters.